The molecule has 132 valence electrons. The molecular formula is C18H28N3O3+. The van der Waals surface area contributed by atoms with Crippen LogP contribution in [0, 0.1) is 0 Å². The smallest absolute Gasteiger partial charge is 0.291 e. The molecule has 2 rings (SSSR count). The molecule has 1 aliphatic heterocycles. The highest BCUT2D eigenvalue weighted by Gasteiger charge is 2.15. The number of hydrogen-bond acceptors (Lipinski definition) is 4. The van der Waals surface area contributed by atoms with Gasteiger partial charge in [0.25, 0.3) is 11.9 Å². The fourth-order valence-corrected chi connectivity index (χ4v) is 2.69. The molecule has 1 saturated heterocycles. The maximum atomic E-state index is 12.4. The van der Waals surface area contributed by atoms with Crippen molar-refractivity contribution in [3.8, 4) is 5.75 Å². The van der Waals surface area contributed by atoms with Crippen LogP contribution in [0.5, 0.6) is 5.75 Å². The van der Waals surface area contributed by atoms with Crippen LogP contribution in [0.15, 0.2) is 29.3 Å². The lowest BCUT2D eigenvalue weighted by Crippen LogP contribution is -3.10. The van der Waals surface area contributed by atoms with Crippen LogP contribution in [-0.2, 0) is 4.74 Å². The molecule has 1 heterocycles. The highest BCUT2D eigenvalue weighted by molar-refractivity contribution is 6.04. The third kappa shape index (κ3) is 5.85. The van der Waals surface area contributed by atoms with Crippen molar-refractivity contribution in [3.63, 3.8) is 0 Å². The molecule has 24 heavy (non-hydrogen) atoms. The average Bonchev–Trinajstić information content (AvgIpc) is 3.12. The van der Waals surface area contributed by atoms with Gasteiger partial charge in [-0.25, -0.2) is 4.99 Å². The number of quaternary nitrogens is 1. The van der Waals surface area contributed by atoms with Crippen molar-refractivity contribution >= 4 is 11.9 Å². The predicted octanol–water partition coefficient (Wildman–Crippen LogP) is 0.886. The van der Waals surface area contributed by atoms with Crippen molar-refractivity contribution < 1.29 is 19.2 Å². The maximum absolute atomic E-state index is 12.4. The van der Waals surface area contributed by atoms with Gasteiger partial charge in [-0.05, 0) is 24.6 Å². The fourth-order valence-electron chi connectivity index (χ4n) is 2.69. The Kier molecular flexibility index (Phi) is 7.55. The number of rotatable bonds is 7. The number of hydrogen-bond donors (Lipinski definition) is 2. The van der Waals surface area contributed by atoms with Crippen molar-refractivity contribution in [2.24, 2.45) is 4.99 Å². The van der Waals surface area contributed by atoms with Gasteiger partial charge in [-0.2, -0.15) is 0 Å². The van der Waals surface area contributed by atoms with E-state index in [1.54, 1.807) is 36.3 Å². The van der Waals surface area contributed by atoms with E-state index in [9.17, 15) is 4.79 Å². The SMILES string of the molecule is CCCOC(=NCC[NH+]1CCCC1)NC(=O)c1cccc(OC)c1. The number of likely N-dealkylation sites (tertiary alicyclic amines) is 1. The number of nitrogens with one attached hydrogen (secondary N) is 2. The summed E-state index contributed by atoms with van der Waals surface area (Å²) in [6, 6.07) is 7.33. The second-order valence-corrected chi connectivity index (χ2v) is 5.93. The van der Waals surface area contributed by atoms with Crippen molar-refractivity contribution in [2.75, 3.05) is 39.9 Å². The number of ether oxygens (including phenoxy) is 2. The minimum Gasteiger partial charge on any atom is -0.497 e. The van der Waals surface area contributed by atoms with Crippen LogP contribution in [-0.4, -0.2) is 51.8 Å². The summed E-state index contributed by atoms with van der Waals surface area (Å²) >= 11 is 0. The molecule has 6 heteroatoms. The van der Waals surface area contributed by atoms with Crippen LogP contribution in [0.2, 0.25) is 0 Å². The van der Waals surface area contributed by atoms with Gasteiger partial charge in [-0.15, -0.1) is 0 Å². The van der Waals surface area contributed by atoms with Crippen LogP contribution >= 0.6 is 0 Å². The van der Waals surface area contributed by atoms with Gasteiger partial charge >= 0.3 is 0 Å². The summed E-state index contributed by atoms with van der Waals surface area (Å²) < 4.78 is 10.7. The minimum absolute atomic E-state index is 0.239. The van der Waals surface area contributed by atoms with Gasteiger partial charge in [-0.3, -0.25) is 10.1 Å². The van der Waals surface area contributed by atoms with Crippen molar-refractivity contribution in [3.05, 3.63) is 29.8 Å². The molecule has 2 N–H and O–H groups in total. The molecule has 0 atom stereocenters. The van der Waals surface area contributed by atoms with Crippen LogP contribution in [0.3, 0.4) is 0 Å². The van der Waals surface area contributed by atoms with Crippen LogP contribution < -0.4 is 15.0 Å². The maximum Gasteiger partial charge on any atom is 0.291 e. The number of amidine groups is 1. The number of carbonyl (C=O) groups is 1. The van der Waals surface area contributed by atoms with Crippen molar-refractivity contribution in [2.45, 2.75) is 26.2 Å². The molecule has 1 aromatic rings. The van der Waals surface area contributed by atoms with Gasteiger partial charge in [0.05, 0.1) is 39.9 Å². The Morgan fingerprint density at radius 3 is 2.83 bits per heavy atom. The number of nitrogens with zero attached hydrogens (tertiary/aromatic N) is 1. The summed E-state index contributed by atoms with van der Waals surface area (Å²) in [5.74, 6) is 0.408. The lowest BCUT2D eigenvalue weighted by Gasteiger charge is -2.12. The van der Waals surface area contributed by atoms with E-state index in [-0.39, 0.29) is 5.91 Å². The van der Waals surface area contributed by atoms with E-state index < -0.39 is 0 Å². The van der Waals surface area contributed by atoms with E-state index in [1.165, 1.54) is 25.9 Å². The highest BCUT2D eigenvalue weighted by atomic mass is 16.5. The minimum atomic E-state index is -0.239. The second-order valence-electron chi connectivity index (χ2n) is 5.93. The number of methoxy groups -OCH3 is 1. The van der Waals surface area contributed by atoms with E-state index in [2.05, 4.69) is 10.3 Å². The van der Waals surface area contributed by atoms with E-state index in [4.69, 9.17) is 9.47 Å². The fraction of sp³-hybridized carbons (Fsp3) is 0.556. The lowest BCUT2D eigenvalue weighted by molar-refractivity contribution is -0.885. The Labute approximate surface area is 143 Å². The third-order valence-electron chi connectivity index (χ3n) is 4.03. The Bertz CT molecular complexity index is 554. The standard InChI is InChI=1S/C18H27N3O3/c1-3-13-24-18(19-9-12-21-10-4-5-11-21)20-17(22)15-7-6-8-16(14-15)23-2/h6-8,14H,3-5,9-13H2,1-2H3,(H,19,20,22)/p+1. The van der Waals surface area contributed by atoms with Gasteiger partial charge < -0.3 is 14.4 Å². The summed E-state index contributed by atoms with van der Waals surface area (Å²) in [6.45, 7) is 6.64. The van der Waals surface area contributed by atoms with E-state index in [0.29, 0.717) is 30.5 Å². The summed E-state index contributed by atoms with van der Waals surface area (Å²) in [4.78, 5) is 18.4. The monoisotopic (exact) mass is 334 g/mol. The van der Waals surface area contributed by atoms with E-state index in [1.807, 2.05) is 6.92 Å². The Morgan fingerprint density at radius 2 is 2.12 bits per heavy atom. The van der Waals surface area contributed by atoms with E-state index in [0.717, 1.165) is 13.0 Å². The average molecular weight is 334 g/mol. The van der Waals surface area contributed by atoms with Gasteiger partial charge in [0, 0.05) is 18.4 Å². The zero-order chi connectivity index (χ0) is 17.2. The van der Waals surface area contributed by atoms with Gasteiger partial charge in [0.2, 0.25) is 0 Å². The summed E-state index contributed by atoms with van der Waals surface area (Å²) in [6.07, 6.45) is 3.46. The van der Waals surface area contributed by atoms with Gasteiger partial charge in [0.15, 0.2) is 0 Å². The molecule has 1 amide bonds. The molecule has 0 aromatic heterocycles. The van der Waals surface area contributed by atoms with E-state index >= 15 is 0 Å². The first-order chi connectivity index (χ1) is 11.7. The van der Waals surface area contributed by atoms with Crippen LogP contribution in [0.1, 0.15) is 36.5 Å². The Balaban J connectivity index is 1.94. The second kappa shape index (κ2) is 9.93. The summed E-state index contributed by atoms with van der Waals surface area (Å²) in [7, 11) is 1.58. The molecule has 0 unspecified atom stereocenters. The number of amides is 1. The summed E-state index contributed by atoms with van der Waals surface area (Å²) in [5.41, 5.74) is 0.521. The molecule has 0 spiro atoms. The molecule has 0 aliphatic carbocycles. The molecular weight excluding hydrogens is 306 g/mol. The summed E-state index contributed by atoms with van der Waals surface area (Å²) in [5, 5.41) is 2.77. The highest BCUT2D eigenvalue weighted by Crippen LogP contribution is 2.12. The Morgan fingerprint density at radius 1 is 1.33 bits per heavy atom. The molecule has 1 aromatic carbocycles. The molecule has 0 saturated carbocycles. The molecule has 1 aliphatic rings. The molecule has 1 fully saturated rings. The first-order valence-corrected chi connectivity index (χ1v) is 8.69. The zero-order valence-corrected chi connectivity index (χ0v) is 14.6. The number of aliphatic imine (C=N–C) groups is 1. The number of carbonyl (C=O) groups excluding carboxylic acids is 1. The number of benzene rings is 1. The van der Waals surface area contributed by atoms with Crippen molar-refractivity contribution in [1.82, 2.24) is 5.32 Å². The molecule has 0 radical (unpaired) electrons. The van der Waals surface area contributed by atoms with Crippen LogP contribution in [0.4, 0.5) is 0 Å². The molecule has 6 nitrogen and oxygen atoms in total. The molecule has 0 bridgehead atoms. The third-order valence-corrected chi connectivity index (χ3v) is 4.03. The van der Waals surface area contributed by atoms with Gasteiger partial charge in [0.1, 0.15) is 5.75 Å². The zero-order valence-electron chi connectivity index (χ0n) is 14.6. The first-order valence-electron chi connectivity index (χ1n) is 8.69. The van der Waals surface area contributed by atoms with Crippen LogP contribution in [0.25, 0.3) is 0 Å². The predicted molar refractivity (Wildman–Crippen MR) is 93.8 cm³/mol. The van der Waals surface area contributed by atoms with Crippen molar-refractivity contribution in [1.29, 1.82) is 0 Å². The first kappa shape index (κ1) is 18.3. The quantitative estimate of drug-likeness (QED) is 0.575. The topological polar surface area (TPSA) is 64.4 Å². The largest absolute Gasteiger partial charge is 0.497 e. The normalized spacial score (nSPS) is 15.3. The Hall–Kier alpha value is -2.08. The lowest BCUT2D eigenvalue weighted by atomic mass is 10.2. The van der Waals surface area contributed by atoms with Gasteiger partial charge in [-0.1, -0.05) is 13.0 Å².